The van der Waals surface area contributed by atoms with E-state index < -0.39 is 0 Å². The molecular formula is C22H26O4. The summed E-state index contributed by atoms with van der Waals surface area (Å²) < 4.78 is 15.9. The minimum Gasteiger partial charge on any atom is -0.491 e. The lowest BCUT2D eigenvalue weighted by Gasteiger charge is -2.07. The lowest BCUT2D eigenvalue weighted by Crippen LogP contribution is -2.09. The molecule has 0 heterocycles. The summed E-state index contributed by atoms with van der Waals surface area (Å²) in [7, 11) is 1.65. The minimum atomic E-state index is 0.167. The maximum absolute atomic E-state index is 11.6. The predicted molar refractivity (Wildman–Crippen MR) is 105 cm³/mol. The molecule has 0 aliphatic carbocycles. The zero-order chi connectivity index (χ0) is 18.6. The maximum atomic E-state index is 11.6. The highest BCUT2D eigenvalue weighted by atomic mass is 16.5. The standard InChI is InChI=1S/C22H26O4/c1-3-22(23)20-10-6-18(7-11-20)4-5-19-8-12-21(13-9-19)26-17-16-25-15-14-24-2/h4-13H,3,14-17H2,1-2H3. The summed E-state index contributed by atoms with van der Waals surface area (Å²) >= 11 is 0. The zero-order valence-corrected chi connectivity index (χ0v) is 15.4. The second kappa shape index (κ2) is 11.2. The number of Topliss-reactive ketones (excluding diaryl/α,β-unsaturated/α-hetero) is 1. The van der Waals surface area contributed by atoms with E-state index in [2.05, 4.69) is 0 Å². The Kier molecular flexibility index (Phi) is 8.60. The van der Waals surface area contributed by atoms with E-state index in [0.717, 1.165) is 22.4 Å². The van der Waals surface area contributed by atoms with Crippen molar-refractivity contribution in [2.45, 2.75) is 13.3 Å². The number of carbonyl (C=O) groups excluding carboxylic acids is 1. The van der Waals surface area contributed by atoms with Crippen LogP contribution in [0, 0.1) is 0 Å². The van der Waals surface area contributed by atoms with Crippen molar-refractivity contribution in [2.75, 3.05) is 33.5 Å². The van der Waals surface area contributed by atoms with Gasteiger partial charge in [0.1, 0.15) is 12.4 Å². The Balaban J connectivity index is 1.81. The molecule has 0 aliphatic rings. The Morgan fingerprint density at radius 3 is 2.00 bits per heavy atom. The zero-order valence-electron chi connectivity index (χ0n) is 15.4. The van der Waals surface area contributed by atoms with E-state index in [0.29, 0.717) is 32.8 Å². The van der Waals surface area contributed by atoms with Crippen LogP contribution in [0.15, 0.2) is 48.5 Å². The first-order chi connectivity index (χ1) is 12.7. The molecule has 0 bridgehead atoms. The average molecular weight is 354 g/mol. The van der Waals surface area contributed by atoms with E-state index in [1.54, 1.807) is 7.11 Å². The highest BCUT2D eigenvalue weighted by Gasteiger charge is 2.01. The van der Waals surface area contributed by atoms with Crippen LogP contribution in [0.1, 0.15) is 34.8 Å². The lowest BCUT2D eigenvalue weighted by molar-refractivity contribution is 0.0544. The molecule has 0 spiro atoms. The van der Waals surface area contributed by atoms with Gasteiger partial charge in [0.15, 0.2) is 5.78 Å². The molecule has 138 valence electrons. The van der Waals surface area contributed by atoms with Crippen LogP contribution >= 0.6 is 0 Å². The van der Waals surface area contributed by atoms with Crippen molar-refractivity contribution < 1.29 is 19.0 Å². The number of hydrogen-bond donors (Lipinski definition) is 0. The van der Waals surface area contributed by atoms with Crippen LogP contribution in [-0.2, 0) is 9.47 Å². The molecule has 2 rings (SSSR count). The largest absolute Gasteiger partial charge is 0.491 e. The Morgan fingerprint density at radius 1 is 0.846 bits per heavy atom. The molecule has 4 heteroatoms. The molecule has 4 nitrogen and oxygen atoms in total. The highest BCUT2D eigenvalue weighted by molar-refractivity contribution is 5.96. The van der Waals surface area contributed by atoms with Crippen LogP contribution in [0.3, 0.4) is 0 Å². The normalized spacial score (nSPS) is 11.0. The van der Waals surface area contributed by atoms with E-state index in [-0.39, 0.29) is 5.78 Å². The van der Waals surface area contributed by atoms with Crippen molar-refractivity contribution in [1.82, 2.24) is 0 Å². The van der Waals surface area contributed by atoms with Gasteiger partial charge in [-0.1, -0.05) is 55.5 Å². The second-order valence-electron chi connectivity index (χ2n) is 5.75. The van der Waals surface area contributed by atoms with Crippen molar-refractivity contribution in [3.05, 3.63) is 65.2 Å². The van der Waals surface area contributed by atoms with Crippen LogP contribution in [0.5, 0.6) is 5.75 Å². The minimum absolute atomic E-state index is 0.167. The molecule has 0 saturated heterocycles. The Hall–Kier alpha value is -2.43. The van der Waals surface area contributed by atoms with Crippen LogP contribution in [0.2, 0.25) is 0 Å². The summed E-state index contributed by atoms with van der Waals surface area (Å²) in [4.78, 5) is 11.6. The van der Waals surface area contributed by atoms with E-state index in [4.69, 9.17) is 14.2 Å². The van der Waals surface area contributed by atoms with Gasteiger partial charge in [-0.25, -0.2) is 0 Å². The number of carbonyl (C=O) groups is 1. The topological polar surface area (TPSA) is 44.8 Å². The molecule has 0 amide bonds. The van der Waals surface area contributed by atoms with E-state index >= 15 is 0 Å². The second-order valence-corrected chi connectivity index (χ2v) is 5.75. The van der Waals surface area contributed by atoms with Gasteiger partial charge < -0.3 is 14.2 Å². The van der Waals surface area contributed by atoms with Crippen molar-refractivity contribution in [2.24, 2.45) is 0 Å². The van der Waals surface area contributed by atoms with E-state index in [9.17, 15) is 4.79 Å². The van der Waals surface area contributed by atoms with Crippen LogP contribution in [0.4, 0.5) is 0 Å². The summed E-state index contributed by atoms with van der Waals surface area (Å²) in [6.07, 6.45) is 4.59. The number of rotatable bonds is 11. The maximum Gasteiger partial charge on any atom is 0.162 e. The van der Waals surface area contributed by atoms with E-state index in [1.165, 1.54) is 0 Å². The summed E-state index contributed by atoms with van der Waals surface area (Å²) in [5, 5.41) is 0. The number of hydrogen-bond acceptors (Lipinski definition) is 4. The molecule has 2 aromatic carbocycles. The smallest absolute Gasteiger partial charge is 0.162 e. The molecule has 0 N–H and O–H groups in total. The Morgan fingerprint density at radius 2 is 1.42 bits per heavy atom. The molecule has 2 aromatic rings. The Bertz CT molecular complexity index is 687. The number of benzene rings is 2. The van der Waals surface area contributed by atoms with Crippen molar-refractivity contribution >= 4 is 17.9 Å². The number of methoxy groups -OCH3 is 1. The van der Waals surface area contributed by atoms with Gasteiger partial charge in [-0.05, 0) is 23.3 Å². The molecule has 26 heavy (non-hydrogen) atoms. The monoisotopic (exact) mass is 354 g/mol. The molecule has 0 radical (unpaired) electrons. The van der Waals surface area contributed by atoms with Gasteiger partial charge in [0.2, 0.25) is 0 Å². The quantitative estimate of drug-likeness (QED) is 0.339. The predicted octanol–water partition coefficient (Wildman–Crippen LogP) is 4.49. The SMILES string of the molecule is CCC(=O)c1ccc(C=Cc2ccc(OCCOCCOC)cc2)cc1. The third kappa shape index (κ3) is 6.82. The summed E-state index contributed by atoms with van der Waals surface area (Å²) in [5.41, 5.74) is 2.91. The van der Waals surface area contributed by atoms with Crippen LogP contribution in [-0.4, -0.2) is 39.3 Å². The lowest BCUT2D eigenvalue weighted by atomic mass is 10.1. The Labute approximate surface area is 155 Å². The van der Waals surface area contributed by atoms with Gasteiger partial charge >= 0.3 is 0 Å². The fourth-order valence-electron chi connectivity index (χ4n) is 2.31. The molecular weight excluding hydrogens is 328 g/mol. The first-order valence-corrected chi connectivity index (χ1v) is 8.84. The first-order valence-electron chi connectivity index (χ1n) is 8.84. The van der Waals surface area contributed by atoms with Crippen molar-refractivity contribution in [3.63, 3.8) is 0 Å². The third-order valence-corrected chi connectivity index (χ3v) is 3.83. The molecule has 0 fully saturated rings. The third-order valence-electron chi connectivity index (χ3n) is 3.83. The van der Waals surface area contributed by atoms with Gasteiger partial charge in [0.25, 0.3) is 0 Å². The fraction of sp³-hybridized carbons (Fsp3) is 0.318. The van der Waals surface area contributed by atoms with E-state index in [1.807, 2.05) is 67.6 Å². The summed E-state index contributed by atoms with van der Waals surface area (Å²) in [6.45, 7) is 4.11. The number of ketones is 1. The molecule has 0 unspecified atom stereocenters. The van der Waals surface area contributed by atoms with Crippen LogP contribution < -0.4 is 4.74 Å². The van der Waals surface area contributed by atoms with Gasteiger partial charge in [-0.2, -0.15) is 0 Å². The highest BCUT2D eigenvalue weighted by Crippen LogP contribution is 2.15. The van der Waals surface area contributed by atoms with Crippen molar-refractivity contribution in [3.8, 4) is 5.75 Å². The molecule has 0 saturated carbocycles. The molecule has 0 atom stereocenters. The first kappa shape index (κ1) is 19.9. The van der Waals surface area contributed by atoms with Gasteiger partial charge in [0, 0.05) is 19.1 Å². The fourth-order valence-corrected chi connectivity index (χ4v) is 2.31. The number of ether oxygens (including phenoxy) is 3. The van der Waals surface area contributed by atoms with Gasteiger partial charge in [-0.15, -0.1) is 0 Å². The average Bonchev–Trinajstić information content (AvgIpc) is 2.69. The van der Waals surface area contributed by atoms with Crippen LogP contribution in [0.25, 0.3) is 12.2 Å². The molecule has 0 aromatic heterocycles. The molecule has 0 aliphatic heterocycles. The van der Waals surface area contributed by atoms with Crippen molar-refractivity contribution in [1.29, 1.82) is 0 Å². The van der Waals surface area contributed by atoms with Gasteiger partial charge in [0.05, 0.1) is 19.8 Å². The summed E-state index contributed by atoms with van der Waals surface area (Å²) in [5.74, 6) is 0.986. The summed E-state index contributed by atoms with van der Waals surface area (Å²) in [6, 6.07) is 15.6. The van der Waals surface area contributed by atoms with Gasteiger partial charge in [-0.3, -0.25) is 4.79 Å².